The monoisotopic (exact) mass is 305 g/mol. The number of para-hydroxylation sites is 1. The normalized spacial score (nSPS) is 11.0. The average Bonchev–Trinajstić information content (AvgIpc) is 2.55. The van der Waals surface area contributed by atoms with Crippen LogP contribution in [0.15, 0.2) is 58.7 Å². The number of rotatable bonds is 3. The van der Waals surface area contributed by atoms with Crippen molar-refractivity contribution in [1.29, 1.82) is 0 Å². The van der Waals surface area contributed by atoms with Crippen LogP contribution in [0.2, 0.25) is 0 Å². The van der Waals surface area contributed by atoms with Gasteiger partial charge in [0.25, 0.3) is 5.95 Å². The highest BCUT2D eigenvalue weighted by molar-refractivity contribution is 5.78. The minimum absolute atomic E-state index is 0.114. The number of aliphatic imine (C=N–C) groups is 1. The predicted octanol–water partition coefficient (Wildman–Crippen LogP) is 2.39. The molecule has 0 bridgehead atoms. The van der Waals surface area contributed by atoms with Gasteiger partial charge in [0.15, 0.2) is 0 Å². The zero-order valence-electron chi connectivity index (χ0n) is 12.8. The van der Waals surface area contributed by atoms with Gasteiger partial charge in [0.05, 0.1) is 17.6 Å². The van der Waals surface area contributed by atoms with E-state index in [2.05, 4.69) is 19.9 Å². The van der Waals surface area contributed by atoms with Crippen LogP contribution in [0.1, 0.15) is 16.8 Å². The van der Waals surface area contributed by atoms with Crippen LogP contribution in [0.4, 0.5) is 5.95 Å². The molecule has 0 aliphatic heterocycles. The molecule has 114 valence electrons. The Bertz CT molecular complexity index is 896. The molecule has 6 nitrogen and oxygen atoms in total. The number of hydrogen-bond donors (Lipinski definition) is 0. The highest BCUT2D eigenvalue weighted by atomic mass is 16.1. The molecule has 6 heteroatoms. The van der Waals surface area contributed by atoms with E-state index in [0.717, 1.165) is 16.8 Å². The summed E-state index contributed by atoms with van der Waals surface area (Å²) in [5, 5.41) is 0. The van der Waals surface area contributed by atoms with E-state index in [-0.39, 0.29) is 5.95 Å². The first-order valence-electron chi connectivity index (χ1n) is 7.12. The van der Waals surface area contributed by atoms with Crippen LogP contribution in [0.5, 0.6) is 0 Å². The van der Waals surface area contributed by atoms with Crippen molar-refractivity contribution in [3.63, 3.8) is 0 Å². The van der Waals surface area contributed by atoms with Crippen LogP contribution >= 0.6 is 0 Å². The molecule has 0 saturated heterocycles. The van der Waals surface area contributed by atoms with Crippen LogP contribution in [0, 0.1) is 13.8 Å². The minimum atomic E-state index is -0.412. The van der Waals surface area contributed by atoms with Gasteiger partial charge < -0.3 is 0 Å². The molecule has 2 aromatic heterocycles. The van der Waals surface area contributed by atoms with E-state index in [4.69, 9.17) is 0 Å². The fourth-order valence-corrected chi connectivity index (χ4v) is 2.30. The van der Waals surface area contributed by atoms with Crippen LogP contribution < -0.4 is 5.69 Å². The molecule has 0 spiro atoms. The topological polar surface area (TPSA) is 73.0 Å². The van der Waals surface area contributed by atoms with Gasteiger partial charge in [-0.25, -0.2) is 14.8 Å². The van der Waals surface area contributed by atoms with Crippen molar-refractivity contribution in [2.24, 2.45) is 4.99 Å². The van der Waals surface area contributed by atoms with Gasteiger partial charge in [-0.05, 0) is 37.1 Å². The van der Waals surface area contributed by atoms with Gasteiger partial charge in [0.1, 0.15) is 6.33 Å². The molecule has 0 radical (unpaired) electrons. The summed E-state index contributed by atoms with van der Waals surface area (Å²) in [4.78, 5) is 28.5. The highest BCUT2D eigenvalue weighted by Gasteiger charge is 2.08. The molecule has 0 atom stereocenters. The Morgan fingerprint density at radius 2 is 1.83 bits per heavy atom. The van der Waals surface area contributed by atoms with E-state index < -0.39 is 5.69 Å². The van der Waals surface area contributed by atoms with Gasteiger partial charge in [0.2, 0.25) is 0 Å². The van der Waals surface area contributed by atoms with Crippen molar-refractivity contribution in [2.45, 2.75) is 13.8 Å². The van der Waals surface area contributed by atoms with Crippen molar-refractivity contribution in [3.8, 4) is 5.69 Å². The molecule has 3 rings (SSSR count). The van der Waals surface area contributed by atoms with Crippen molar-refractivity contribution in [1.82, 2.24) is 19.5 Å². The molecule has 0 saturated carbocycles. The fourth-order valence-electron chi connectivity index (χ4n) is 2.30. The Balaban J connectivity index is 1.96. The molecule has 0 aliphatic rings. The highest BCUT2D eigenvalue weighted by Crippen LogP contribution is 2.16. The largest absolute Gasteiger partial charge is 0.356 e. The van der Waals surface area contributed by atoms with Gasteiger partial charge >= 0.3 is 5.69 Å². The zero-order chi connectivity index (χ0) is 16.2. The van der Waals surface area contributed by atoms with E-state index in [0.29, 0.717) is 5.69 Å². The van der Waals surface area contributed by atoms with E-state index in [9.17, 15) is 4.79 Å². The van der Waals surface area contributed by atoms with Gasteiger partial charge in [-0.1, -0.05) is 24.3 Å². The van der Waals surface area contributed by atoms with Gasteiger partial charge in [-0.15, -0.1) is 0 Å². The van der Waals surface area contributed by atoms with Crippen molar-refractivity contribution >= 4 is 12.2 Å². The third-order valence-corrected chi connectivity index (χ3v) is 3.37. The molecule has 23 heavy (non-hydrogen) atoms. The summed E-state index contributed by atoms with van der Waals surface area (Å²) in [6.45, 7) is 3.89. The summed E-state index contributed by atoms with van der Waals surface area (Å²) in [6, 6.07) is 11.3. The van der Waals surface area contributed by atoms with Crippen molar-refractivity contribution in [3.05, 3.63) is 76.2 Å². The SMILES string of the molecule is Cc1cccc(C)c1-n1cnc(N=Cc2ccccn2)nc1=O. The second-order valence-corrected chi connectivity index (χ2v) is 5.06. The Hall–Kier alpha value is -3.15. The molecular weight excluding hydrogens is 290 g/mol. The first-order chi connectivity index (χ1) is 11.1. The summed E-state index contributed by atoms with van der Waals surface area (Å²) in [6.07, 6.45) is 4.65. The smallest absolute Gasteiger partial charge is 0.255 e. The van der Waals surface area contributed by atoms with Gasteiger partial charge in [-0.3, -0.25) is 9.55 Å². The van der Waals surface area contributed by atoms with Crippen LogP contribution in [-0.4, -0.2) is 25.7 Å². The van der Waals surface area contributed by atoms with E-state index >= 15 is 0 Å². The summed E-state index contributed by atoms with van der Waals surface area (Å²) in [7, 11) is 0. The van der Waals surface area contributed by atoms with Gasteiger partial charge in [0, 0.05) is 6.20 Å². The third kappa shape index (κ3) is 3.21. The maximum Gasteiger partial charge on any atom is 0.356 e. The lowest BCUT2D eigenvalue weighted by atomic mass is 10.1. The summed E-state index contributed by atoms with van der Waals surface area (Å²) in [5.74, 6) is 0.114. The second kappa shape index (κ2) is 6.31. The van der Waals surface area contributed by atoms with E-state index in [1.54, 1.807) is 12.3 Å². The quantitative estimate of drug-likeness (QED) is 0.696. The number of pyridine rings is 1. The van der Waals surface area contributed by atoms with Crippen molar-refractivity contribution in [2.75, 3.05) is 0 Å². The number of nitrogens with zero attached hydrogens (tertiary/aromatic N) is 5. The molecule has 0 amide bonds. The molecular formula is C17H15N5O. The first kappa shape index (κ1) is 14.8. The number of benzene rings is 1. The van der Waals surface area contributed by atoms with E-state index in [1.165, 1.54) is 17.1 Å². The molecule has 0 N–H and O–H groups in total. The zero-order valence-corrected chi connectivity index (χ0v) is 12.8. The Labute approximate surface area is 133 Å². The Kier molecular flexibility index (Phi) is 4.05. The second-order valence-electron chi connectivity index (χ2n) is 5.06. The molecule has 1 aromatic carbocycles. The fraction of sp³-hybridized carbons (Fsp3) is 0.118. The molecule has 2 heterocycles. The van der Waals surface area contributed by atoms with Gasteiger partial charge in [-0.2, -0.15) is 4.98 Å². The maximum atomic E-state index is 12.3. The minimum Gasteiger partial charge on any atom is -0.255 e. The van der Waals surface area contributed by atoms with E-state index in [1.807, 2.05) is 44.2 Å². The number of aryl methyl sites for hydroxylation is 2. The molecule has 0 fully saturated rings. The van der Waals surface area contributed by atoms with Crippen LogP contribution in [0.3, 0.4) is 0 Å². The summed E-state index contributed by atoms with van der Waals surface area (Å²) >= 11 is 0. The summed E-state index contributed by atoms with van der Waals surface area (Å²) < 4.78 is 1.43. The first-order valence-corrected chi connectivity index (χ1v) is 7.12. The Morgan fingerprint density at radius 1 is 1.04 bits per heavy atom. The lowest BCUT2D eigenvalue weighted by Gasteiger charge is -2.10. The van der Waals surface area contributed by atoms with Crippen LogP contribution in [-0.2, 0) is 0 Å². The third-order valence-electron chi connectivity index (χ3n) is 3.37. The average molecular weight is 305 g/mol. The number of aromatic nitrogens is 4. The standard InChI is InChI=1S/C17H15N5O/c1-12-6-5-7-13(2)15(12)22-11-20-16(21-17(22)23)19-10-14-8-3-4-9-18-14/h3-11H,1-2H3. The van der Waals surface area contributed by atoms with Crippen LogP contribution in [0.25, 0.3) is 5.69 Å². The van der Waals surface area contributed by atoms with Crippen molar-refractivity contribution < 1.29 is 0 Å². The lowest BCUT2D eigenvalue weighted by molar-refractivity contribution is 0.848. The lowest BCUT2D eigenvalue weighted by Crippen LogP contribution is -2.22. The Morgan fingerprint density at radius 3 is 2.48 bits per heavy atom. The number of hydrogen-bond acceptors (Lipinski definition) is 5. The maximum absolute atomic E-state index is 12.3. The predicted molar refractivity (Wildman–Crippen MR) is 88.6 cm³/mol. The molecule has 0 aliphatic carbocycles. The summed E-state index contributed by atoms with van der Waals surface area (Å²) in [5.41, 5.74) is 3.04. The molecule has 0 unspecified atom stereocenters. The molecule has 3 aromatic rings.